The molecule has 0 aliphatic heterocycles. The monoisotopic (exact) mass is 579 g/mol. The van der Waals surface area contributed by atoms with Crippen LogP contribution in [0.5, 0.6) is 5.75 Å². The number of rotatable bonds is 9. The number of benzene rings is 2. The molecule has 43 heavy (non-hydrogen) atoms. The number of hydrogen-bond acceptors (Lipinski definition) is 7. The summed E-state index contributed by atoms with van der Waals surface area (Å²) in [5, 5.41) is 13.2. The lowest BCUT2D eigenvalue weighted by Crippen LogP contribution is -2.26. The van der Waals surface area contributed by atoms with Crippen LogP contribution in [-0.2, 0) is 14.3 Å². The number of nitrogens with zero attached hydrogens (tertiary/aromatic N) is 4. The van der Waals surface area contributed by atoms with E-state index in [4.69, 9.17) is 14.5 Å². The number of pyridine rings is 1. The number of fused-ring (bicyclic) bond motifs is 1. The second kappa shape index (κ2) is 12.9. The summed E-state index contributed by atoms with van der Waals surface area (Å²) in [6.45, 7) is 7.88. The second-order valence-electron chi connectivity index (χ2n) is 11.6. The molecule has 9 nitrogen and oxygen atoms in total. The van der Waals surface area contributed by atoms with Crippen LogP contribution in [0, 0.1) is 16.7 Å². The molecule has 4 rings (SSSR count). The summed E-state index contributed by atoms with van der Waals surface area (Å²) in [7, 11) is 5.44. The number of amides is 1. The molecule has 1 N–H and O–H groups in total. The van der Waals surface area contributed by atoms with E-state index in [0.717, 1.165) is 27.6 Å². The Hall–Kier alpha value is -4.94. The Labute approximate surface area is 252 Å². The van der Waals surface area contributed by atoms with Gasteiger partial charge in [-0.15, -0.1) is 0 Å². The number of nitrogens with one attached hydrogen (secondary N) is 1. The summed E-state index contributed by atoms with van der Waals surface area (Å²) in [6, 6.07) is 17.0. The summed E-state index contributed by atoms with van der Waals surface area (Å²) in [4.78, 5) is 32.0. The van der Waals surface area contributed by atoms with Gasteiger partial charge in [-0.1, -0.05) is 18.2 Å². The Bertz CT molecular complexity index is 1720. The fourth-order valence-corrected chi connectivity index (χ4v) is 4.45. The Morgan fingerprint density at radius 2 is 1.88 bits per heavy atom. The molecular weight excluding hydrogens is 542 g/mol. The van der Waals surface area contributed by atoms with Crippen molar-refractivity contribution >= 4 is 28.6 Å². The highest BCUT2D eigenvalue weighted by Crippen LogP contribution is 2.36. The van der Waals surface area contributed by atoms with E-state index in [0.29, 0.717) is 29.2 Å². The quantitative estimate of drug-likeness (QED) is 0.180. The van der Waals surface area contributed by atoms with Crippen molar-refractivity contribution in [2.45, 2.75) is 33.9 Å². The van der Waals surface area contributed by atoms with Crippen LogP contribution in [0.15, 0.2) is 73.1 Å². The van der Waals surface area contributed by atoms with E-state index >= 15 is 0 Å². The van der Waals surface area contributed by atoms with Gasteiger partial charge in [0, 0.05) is 53.3 Å². The summed E-state index contributed by atoms with van der Waals surface area (Å²) < 4.78 is 13.2. The fourth-order valence-electron chi connectivity index (χ4n) is 4.45. The number of nitriles is 1. The first-order chi connectivity index (χ1) is 20.4. The molecule has 222 valence electrons. The van der Waals surface area contributed by atoms with Crippen molar-refractivity contribution in [2.75, 3.05) is 33.1 Å². The predicted molar refractivity (Wildman–Crippen MR) is 168 cm³/mol. The average molecular weight is 580 g/mol. The second-order valence-corrected chi connectivity index (χ2v) is 11.6. The van der Waals surface area contributed by atoms with Gasteiger partial charge in [0.2, 0.25) is 5.91 Å². The minimum Gasteiger partial charge on any atom is -0.497 e. The highest BCUT2D eigenvalue weighted by atomic mass is 16.6. The summed E-state index contributed by atoms with van der Waals surface area (Å²) in [5.74, 6) is 0.00608. The number of carbonyl (C=O) groups excluding carboxylic acids is 2. The van der Waals surface area contributed by atoms with Crippen molar-refractivity contribution in [3.05, 3.63) is 78.6 Å². The van der Waals surface area contributed by atoms with Gasteiger partial charge in [-0.2, -0.15) is 5.26 Å². The topological polar surface area (TPSA) is 109 Å². The molecule has 0 fully saturated rings. The largest absolute Gasteiger partial charge is 0.497 e. The smallest absolute Gasteiger partial charge is 0.313 e. The van der Waals surface area contributed by atoms with Crippen molar-refractivity contribution < 1.29 is 19.1 Å². The number of aromatic nitrogens is 2. The van der Waals surface area contributed by atoms with E-state index in [9.17, 15) is 14.9 Å². The van der Waals surface area contributed by atoms with Gasteiger partial charge in [0.25, 0.3) is 0 Å². The lowest BCUT2D eigenvalue weighted by Gasteiger charge is -2.22. The molecule has 0 aliphatic rings. The predicted octanol–water partition coefficient (Wildman–Crippen LogP) is 6.41. The summed E-state index contributed by atoms with van der Waals surface area (Å²) >= 11 is 0. The van der Waals surface area contributed by atoms with Crippen molar-refractivity contribution in [3.63, 3.8) is 0 Å². The molecule has 0 bridgehead atoms. The molecule has 0 radical (unpaired) electrons. The van der Waals surface area contributed by atoms with Gasteiger partial charge in [-0.05, 0) is 83.2 Å². The maximum Gasteiger partial charge on any atom is 0.313 e. The van der Waals surface area contributed by atoms with Crippen molar-refractivity contribution in [1.29, 1.82) is 5.26 Å². The maximum atomic E-state index is 12.7. The molecule has 2 aromatic heterocycles. The molecule has 4 aromatic rings. The molecule has 1 amide bonds. The molecular formula is C34H37N5O4. The van der Waals surface area contributed by atoms with Crippen LogP contribution in [0.2, 0.25) is 0 Å². The van der Waals surface area contributed by atoms with Crippen molar-refractivity contribution in [2.24, 2.45) is 5.41 Å². The lowest BCUT2D eigenvalue weighted by atomic mass is 9.97. The van der Waals surface area contributed by atoms with Gasteiger partial charge in [0.1, 0.15) is 11.4 Å². The van der Waals surface area contributed by atoms with Gasteiger partial charge >= 0.3 is 5.97 Å². The zero-order chi connectivity index (χ0) is 31.3. The molecule has 0 saturated carbocycles. The van der Waals surface area contributed by atoms with Gasteiger partial charge in [0.05, 0.1) is 24.2 Å². The molecule has 0 saturated heterocycles. The molecule has 9 heteroatoms. The number of ether oxygens (including phenoxy) is 2. The number of methoxy groups -OCH3 is 1. The number of hydrogen-bond donors (Lipinski definition) is 1. The fraction of sp³-hybridized carbons (Fsp3) is 0.294. The Morgan fingerprint density at radius 3 is 2.56 bits per heavy atom. The van der Waals surface area contributed by atoms with Crippen LogP contribution in [0.25, 0.3) is 33.3 Å². The van der Waals surface area contributed by atoms with Crippen LogP contribution in [-0.4, -0.2) is 54.1 Å². The first-order valence-corrected chi connectivity index (χ1v) is 13.9. The SMILES string of the molecule is COc1cc(NC(=O)/C=C/CN(C)C)cc(-c2cnc3c(c2)c(-c2cccc(C#N)c2)cn3C(C)OC(=O)C(C)(C)C)c1. The van der Waals surface area contributed by atoms with Gasteiger partial charge in [0.15, 0.2) is 6.23 Å². The third kappa shape index (κ3) is 7.48. The molecule has 2 aromatic carbocycles. The number of anilines is 1. The van der Waals surface area contributed by atoms with Crippen LogP contribution < -0.4 is 10.1 Å². The zero-order valence-corrected chi connectivity index (χ0v) is 25.6. The van der Waals surface area contributed by atoms with E-state index in [1.807, 2.05) is 86.9 Å². The summed E-state index contributed by atoms with van der Waals surface area (Å²) in [6.07, 6.45) is 6.31. The van der Waals surface area contributed by atoms with Crippen molar-refractivity contribution in [3.8, 4) is 34.1 Å². The third-order valence-corrected chi connectivity index (χ3v) is 6.74. The number of likely N-dealkylation sites (N-methyl/N-ethyl adjacent to an activating group) is 1. The summed E-state index contributed by atoms with van der Waals surface area (Å²) in [5.41, 5.74) is 4.32. The Balaban J connectivity index is 1.80. The Morgan fingerprint density at radius 1 is 1.12 bits per heavy atom. The van der Waals surface area contributed by atoms with E-state index in [-0.39, 0.29) is 11.9 Å². The average Bonchev–Trinajstić information content (AvgIpc) is 3.35. The van der Waals surface area contributed by atoms with Crippen LogP contribution in [0.3, 0.4) is 0 Å². The standard InChI is InChI=1S/C34H37N5O4/c1-22(43-33(41)34(2,3)4)39-21-30(24-11-8-10-23(14-24)19-35)29-17-26(20-36-32(29)39)25-15-27(18-28(16-25)42-7)37-31(40)12-9-13-38(5)6/h8-12,14-18,20-22H,13H2,1-7H3,(H,37,40)/b12-9+. The molecule has 1 unspecified atom stereocenters. The minimum atomic E-state index is -0.663. The molecule has 0 spiro atoms. The highest BCUT2D eigenvalue weighted by molar-refractivity contribution is 6.00. The van der Waals surface area contributed by atoms with Crippen LogP contribution >= 0.6 is 0 Å². The van der Waals surface area contributed by atoms with Crippen molar-refractivity contribution in [1.82, 2.24) is 14.5 Å². The van der Waals surface area contributed by atoms with E-state index in [1.165, 1.54) is 6.08 Å². The van der Waals surface area contributed by atoms with Crippen LogP contribution in [0.4, 0.5) is 5.69 Å². The van der Waals surface area contributed by atoms with Gasteiger partial charge in [-0.25, -0.2) is 4.98 Å². The van der Waals surface area contributed by atoms with Crippen LogP contribution in [0.1, 0.15) is 39.5 Å². The minimum absolute atomic E-state index is 0.245. The van der Waals surface area contributed by atoms with Gasteiger partial charge < -0.3 is 19.7 Å². The normalized spacial score (nSPS) is 12.3. The molecule has 2 heterocycles. The zero-order valence-electron chi connectivity index (χ0n) is 25.6. The first kappa shape index (κ1) is 31.0. The first-order valence-electron chi connectivity index (χ1n) is 13.9. The molecule has 1 atom stereocenters. The third-order valence-electron chi connectivity index (χ3n) is 6.74. The Kier molecular flexibility index (Phi) is 9.32. The van der Waals surface area contributed by atoms with E-state index in [1.54, 1.807) is 38.4 Å². The number of esters is 1. The highest BCUT2D eigenvalue weighted by Gasteiger charge is 2.27. The van der Waals surface area contributed by atoms with E-state index in [2.05, 4.69) is 11.4 Å². The van der Waals surface area contributed by atoms with E-state index < -0.39 is 11.6 Å². The lowest BCUT2D eigenvalue weighted by molar-refractivity contribution is -0.162. The number of carbonyl (C=O) groups is 2. The van der Waals surface area contributed by atoms with Gasteiger partial charge in [-0.3, -0.25) is 14.2 Å². The maximum absolute atomic E-state index is 12.7. The molecule has 0 aliphatic carbocycles.